The van der Waals surface area contributed by atoms with Gasteiger partial charge in [-0.25, -0.2) is 0 Å². The van der Waals surface area contributed by atoms with Crippen molar-refractivity contribution >= 4 is 169 Å². The molecule has 0 unspecified atom stereocenters. The van der Waals surface area contributed by atoms with E-state index in [0.717, 1.165) is 136 Å². The molecule has 0 amide bonds. The number of fused-ring (bicyclic) bond motifs is 3. The topological polar surface area (TPSA) is 25.9 Å². The standard InChI is InChI=1S/C66H48N4.C54H42N4.2C2H6/c1-4-25-52(26-5-1)68(64-34-16-22-49-19-10-13-31-61(49)64)58-43-37-55(38-44-58)67(56-39-45-59(46-40-56)69(53-27-6-2-7-28-53)65-35-17-23-50-20-11-14-32-62(50)65)57-41-47-60(48-42-57)70(54-29-8-3-9-30-54)66-36-18-24-51-21-12-15-33-63(51)66;1-7-19-43(20-8-1)55(44-21-9-2-10-22-44)49-31-37-52(38-32-49)58(53-39-33-50(34-40-53)56(45-23-11-3-12-24-45)46-25-13-4-14-26-46)54-41-35-51(36-42-54)57(47-27-15-5-16-28-47)48-29-17-6-18-30-48;2*1-2/h1-48H;1-42H;2*1-2H3. The summed E-state index contributed by atoms with van der Waals surface area (Å²) in [4.78, 5) is 18.6. The van der Waals surface area contributed by atoms with Gasteiger partial charge in [0.1, 0.15) is 0 Å². The van der Waals surface area contributed by atoms with Crippen molar-refractivity contribution in [1.29, 1.82) is 0 Å². The van der Waals surface area contributed by atoms with Gasteiger partial charge < -0.3 is 39.2 Å². The van der Waals surface area contributed by atoms with Crippen LogP contribution in [-0.2, 0) is 0 Å². The Bertz CT molecular complexity index is 6370. The molecule has 0 heterocycles. The van der Waals surface area contributed by atoms with E-state index in [0.29, 0.717) is 0 Å². The van der Waals surface area contributed by atoms with Gasteiger partial charge in [-0.3, -0.25) is 0 Å². The van der Waals surface area contributed by atoms with E-state index in [-0.39, 0.29) is 0 Å². The molecule has 132 heavy (non-hydrogen) atoms. The number of para-hydroxylation sites is 9. The van der Waals surface area contributed by atoms with E-state index in [9.17, 15) is 0 Å². The minimum Gasteiger partial charge on any atom is -0.311 e. The Hall–Kier alpha value is -17.2. The molecule has 0 bridgehead atoms. The lowest BCUT2D eigenvalue weighted by Crippen LogP contribution is -2.14. The lowest BCUT2D eigenvalue weighted by atomic mass is 10.1. The van der Waals surface area contributed by atoms with Gasteiger partial charge in [0.15, 0.2) is 0 Å². The van der Waals surface area contributed by atoms with E-state index in [1.807, 2.05) is 27.7 Å². The highest BCUT2D eigenvalue weighted by atomic mass is 15.2. The highest BCUT2D eigenvalue weighted by Gasteiger charge is 2.25. The zero-order chi connectivity index (χ0) is 89.6. The predicted molar refractivity (Wildman–Crippen MR) is 566 cm³/mol. The average Bonchev–Trinajstić information content (AvgIpc) is 0.766. The normalized spacial score (nSPS) is 10.7. The van der Waals surface area contributed by atoms with E-state index in [1.54, 1.807) is 0 Å². The van der Waals surface area contributed by atoms with Crippen LogP contribution in [0.15, 0.2) is 546 Å². The van der Waals surface area contributed by atoms with Crippen LogP contribution in [0.25, 0.3) is 32.3 Å². The first-order valence-electron chi connectivity index (χ1n) is 45.5. The van der Waals surface area contributed by atoms with Crippen molar-refractivity contribution in [3.63, 3.8) is 0 Å². The summed E-state index contributed by atoms with van der Waals surface area (Å²) in [5.41, 5.74) is 26.0. The molecule has 0 N–H and O–H groups in total. The fraction of sp³-hybridized carbons (Fsp3) is 0.0323. The molecule has 8 heteroatoms. The van der Waals surface area contributed by atoms with E-state index in [4.69, 9.17) is 0 Å². The molecule has 0 aromatic heterocycles. The van der Waals surface area contributed by atoms with Crippen molar-refractivity contribution in [2.24, 2.45) is 0 Å². The Balaban J connectivity index is 0.000000174. The lowest BCUT2D eigenvalue weighted by Gasteiger charge is -2.31. The summed E-state index contributed by atoms with van der Waals surface area (Å²) in [6.45, 7) is 8.00. The van der Waals surface area contributed by atoms with Crippen molar-refractivity contribution in [3.8, 4) is 0 Å². The average molecular weight is 1700 g/mol. The second-order valence-corrected chi connectivity index (χ2v) is 31.3. The van der Waals surface area contributed by atoms with Gasteiger partial charge in [0.25, 0.3) is 0 Å². The first-order valence-corrected chi connectivity index (χ1v) is 45.5. The largest absolute Gasteiger partial charge is 0.311 e. The monoisotopic (exact) mass is 1700 g/mol. The molecule has 0 saturated heterocycles. The van der Waals surface area contributed by atoms with Crippen LogP contribution in [0, 0.1) is 0 Å². The van der Waals surface area contributed by atoms with Gasteiger partial charge in [-0.2, -0.15) is 0 Å². The maximum absolute atomic E-state index is 2.36. The van der Waals surface area contributed by atoms with Crippen LogP contribution in [-0.4, -0.2) is 0 Å². The summed E-state index contributed by atoms with van der Waals surface area (Å²) >= 11 is 0. The molecular weight excluding hydrogens is 1600 g/mol. The van der Waals surface area contributed by atoms with E-state index < -0.39 is 0 Å². The third-order valence-corrected chi connectivity index (χ3v) is 23.3. The van der Waals surface area contributed by atoms with Crippen LogP contribution < -0.4 is 39.2 Å². The predicted octanol–water partition coefficient (Wildman–Crippen LogP) is 36.6. The van der Waals surface area contributed by atoms with Gasteiger partial charge in [0.2, 0.25) is 0 Å². The first kappa shape index (κ1) is 85.6. The smallest absolute Gasteiger partial charge is 0.0540 e. The molecule has 0 fully saturated rings. The summed E-state index contributed by atoms with van der Waals surface area (Å²) in [5, 5.41) is 7.19. The molecule has 21 aromatic rings. The summed E-state index contributed by atoms with van der Waals surface area (Å²) in [6.07, 6.45) is 0. The van der Waals surface area contributed by atoms with Crippen LogP contribution in [0.3, 0.4) is 0 Å². The maximum Gasteiger partial charge on any atom is 0.0540 e. The van der Waals surface area contributed by atoms with Crippen molar-refractivity contribution < 1.29 is 0 Å². The molecule has 0 radical (unpaired) electrons. The van der Waals surface area contributed by atoms with Crippen molar-refractivity contribution in [2.45, 2.75) is 27.7 Å². The summed E-state index contributed by atoms with van der Waals surface area (Å²) < 4.78 is 0. The van der Waals surface area contributed by atoms with Gasteiger partial charge in [-0.1, -0.05) is 301 Å². The first-order chi connectivity index (χ1) is 65.5. The van der Waals surface area contributed by atoms with Crippen molar-refractivity contribution in [3.05, 3.63) is 546 Å². The zero-order valence-electron chi connectivity index (χ0n) is 74.5. The summed E-state index contributed by atoms with van der Waals surface area (Å²) in [7, 11) is 0. The zero-order valence-corrected chi connectivity index (χ0v) is 74.5. The third-order valence-electron chi connectivity index (χ3n) is 23.3. The molecular formula is C124H102N8. The SMILES string of the molecule is CC.CC.c1ccc(N(c2ccc(N(c3ccc(N(c4ccccc4)c4cccc5ccccc45)cc3)c3ccc(N(c4ccccc4)c4cccc5ccccc45)cc3)cc2)c2cccc3ccccc23)cc1.c1ccc(N(c2ccccc2)c2ccc(N(c3ccc(N(c4ccccc4)c4ccccc4)cc3)c3ccc(N(c4ccccc4)c4ccccc4)cc3)cc2)cc1. The fourth-order valence-electron chi connectivity index (χ4n) is 17.4. The van der Waals surface area contributed by atoms with Crippen LogP contribution in [0.5, 0.6) is 0 Å². The Morgan fingerprint density at radius 2 is 0.197 bits per heavy atom. The number of nitrogens with zero attached hydrogens (tertiary/aromatic N) is 8. The van der Waals surface area contributed by atoms with E-state index in [1.165, 1.54) is 32.3 Å². The Morgan fingerprint density at radius 3 is 0.348 bits per heavy atom. The highest BCUT2D eigenvalue weighted by Crippen LogP contribution is 2.49. The van der Waals surface area contributed by atoms with Gasteiger partial charge in [0, 0.05) is 136 Å². The number of rotatable bonds is 24. The quantitative estimate of drug-likeness (QED) is 0.0591. The van der Waals surface area contributed by atoms with Crippen LogP contribution >= 0.6 is 0 Å². The molecule has 21 aromatic carbocycles. The maximum atomic E-state index is 2.36. The summed E-state index contributed by atoms with van der Waals surface area (Å²) in [5.74, 6) is 0. The van der Waals surface area contributed by atoms with Gasteiger partial charge in [0.05, 0.1) is 17.1 Å². The molecule has 0 atom stereocenters. The molecule has 0 spiro atoms. The molecule has 0 aliphatic carbocycles. The van der Waals surface area contributed by atoms with E-state index >= 15 is 0 Å². The molecule has 638 valence electrons. The second-order valence-electron chi connectivity index (χ2n) is 31.3. The highest BCUT2D eigenvalue weighted by molar-refractivity contribution is 6.03. The minimum absolute atomic E-state index is 1.04. The molecule has 21 rings (SSSR count). The van der Waals surface area contributed by atoms with Crippen molar-refractivity contribution in [1.82, 2.24) is 0 Å². The van der Waals surface area contributed by atoms with Crippen LogP contribution in [0.1, 0.15) is 27.7 Å². The Labute approximate surface area is 776 Å². The van der Waals surface area contributed by atoms with Crippen molar-refractivity contribution in [2.75, 3.05) is 39.2 Å². The Morgan fingerprint density at radius 1 is 0.0909 bits per heavy atom. The number of hydrogen-bond acceptors (Lipinski definition) is 8. The third kappa shape index (κ3) is 18.8. The number of anilines is 24. The number of hydrogen-bond donors (Lipinski definition) is 0. The molecule has 8 nitrogen and oxygen atoms in total. The summed E-state index contributed by atoms with van der Waals surface area (Å²) in [6, 6.07) is 194. The van der Waals surface area contributed by atoms with Crippen LogP contribution in [0.4, 0.5) is 136 Å². The Kier molecular flexibility index (Phi) is 26.9. The van der Waals surface area contributed by atoms with Gasteiger partial charge in [-0.15, -0.1) is 0 Å². The fourth-order valence-corrected chi connectivity index (χ4v) is 17.4. The number of benzene rings is 21. The van der Waals surface area contributed by atoms with Gasteiger partial charge >= 0.3 is 0 Å². The minimum atomic E-state index is 1.04. The van der Waals surface area contributed by atoms with E-state index in [2.05, 4.69) is 585 Å². The second kappa shape index (κ2) is 41.5. The molecule has 0 aliphatic heterocycles. The molecule has 0 saturated carbocycles. The molecule has 0 aliphatic rings. The van der Waals surface area contributed by atoms with Crippen LogP contribution in [0.2, 0.25) is 0 Å². The lowest BCUT2D eigenvalue weighted by molar-refractivity contribution is 1.24. The van der Waals surface area contributed by atoms with Gasteiger partial charge in [-0.05, 0) is 289 Å².